The lowest BCUT2D eigenvalue weighted by molar-refractivity contribution is 0.869. The minimum atomic E-state index is -0.0570. The SMILES string of the molecule is CCc1ccc(C(N)c2cccc(Br)c2)cc1. The lowest BCUT2D eigenvalue weighted by Crippen LogP contribution is -2.11. The van der Waals surface area contributed by atoms with Gasteiger partial charge in [-0.15, -0.1) is 0 Å². The summed E-state index contributed by atoms with van der Waals surface area (Å²) in [4.78, 5) is 0. The number of halogens is 1. The topological polar surface area (TPSA) is 26.0 Å². The molecule has 0 aliphatic carbocycles. The van der Waals surface area contributed by atoms with Crippen LogP contribution in [0, 0.1) is 0 Å². The van der Waals surface area contributed by atoms with Crippen molar-refractivity contribution in [2.45, 2.75) is 19.4 Å². The third kappa shape index (κ3) is 2.96. The number of aryl methyl sites for hydroxylation is 1. The van der Waals surface area contributed by atoms with Crippen LogP contribution in [0.1, 0.15) is 29.7 Å². The van der Waals surface area contributed by atoms with E-state index in [4.69, 9.17) is 5.73 Å². The molecule has 0 aromatic heterocycles. The van der Waals surface area contributed by atoms with Crippen LogP contribution in [0.2, 0.25) is 0 Å². The van der Waals surface area contributed by atoms with Gasteiger partial charge in [-0.3, -0.25) is 0 Å². The van der Waals surface area contributed by atoms with Gasteiger partial charge >= 0.3 is 0 Å². The molecule has 2 aromatic carbocycles. The Morgan fingerprint density at radius 2 is 1.76 bits per heavy atom. The summed E-state index contributed by atoms with van der Waals surface area (Å²) in [7, 11) is 0. The molecule has 0 saturated heterocycles. The van der Waals surface area contributed by atoms with E-state index in [1.807, 2.05) is 12.1 Å². The molecule has 1 unspecified atom stereocenters. The van der Waals surface area contributed by atoms with E-state index in [9.17, 15) is 0 Å². The zero-order valence-electron chi connectivity index (χ0n) is 9.86. The van der Waals surface area contributed by atoms with Crippen LogP contribution in [-0.2, 0) is 6.42 Å². The van der Waals surface area contributed by atoms with Crippen LogP contribution in [0.25, 0.3) is 0 Å². The second-order valence-corrected chi connectivity index (χ2v) is 5.04. The highest BCUT2D eigenvalue weighted by Crippen LogP contribution is 2.22. The maximum atomic E-state index is 6.26. The molecule has 1 atom stereocenters. The highest BCUT2D eigenvalue weighted by atomic mass is 79.9. The van der Waals surface area contributed by atoms with Crippen molar-refractivity contribution in [1.29, 1.82) is 0 Å². The lowest BCUT2D eigenvalue weighted by atomic mass is 9.98. The van der Waals surface area contributed by atoms with Crippen LogP contribution >= 0.6 is 15.9 Å². The maximum absolute atomic E-state index is 6.26. The van der Waals surface area contributed by atoms with Crippen molar-refractivity contribution in [1.82, 2.24) is 0 Å². The number of nitrogens with two attached hydrogens (primary N) is 1. The fraction of sp³-hybridized carbons (Fsp3) is 0.200. The van der Waals surface area contributed by atoms with E-state index in [1.54, 1.807) is 0 Å². The van der Waals surface area contributed by atoms with Gasteiger partial charge in [-0.05, 0) is 35.2 Å². The molecule has 0 aliphatic heterocycles. The van der Waals surface area contributed by atoms with Gasteiger partial charge in [0.05, 0.1) is 6.04 Å². The molecule has 0 aliphatic rings. The zero-order valence-corrected chi connectivity index (χ0v) is 11.4. The van der Waals surface area contributed by atoms with E-state index in [0.717, 1.165) is 22.0 Å². The Bertz CT molecular complexity index is 491. The fourth-order valence-electron chi connectivity index (χ4n) is 1.85. The minimum Gasteiger partial charge on any atom is -0.320 e. The minimum absolute atomic E-state index is 0.0570. The first kappa shape index (κ1) is 12.3. The Labute approximate surface area is 111 Å². The van der Waals surface area contributed by atoms with Crippen LogP contribution in [0.3, 0.4) is 0 Å². The first-order valence-electron chi connectivity index (χ1n) is 5.80. The summed E-state index contributed by atoms with van der Waals surface area (Å²) in [5, 5.41) is 0. The van der Waals surface area contributed by atoms with Crippen molar-refractivity contribution in [3.05, 3.63) is 69.7 Å². The highest BCUT2D eigenvalue weighted by Gasteiger charge is 2.08. The van der Waals surface area contributed by atoms with Crippen LogP contribution < -0.4 is 5.73 Å². The van der Waals surface area contributed by atoms with Gasteiger partial charge in [0.1, 0.15) is 0 Å². The highest BCUT2D eigenvalue weighted by molar-refractivity contribution is 9.10. The van der Waals surface area contributed by atoms with E-state index in [0.29, 0.717) is 0 Å². The molecule has 0 saturated carbocycles. The van der Waals surface area contributed by atoms with Crippen LogP contribution in [0.5, 0.6) is 0 Å². The Kier molecular flexibility index (Phi) is 3.97. The van der Waals surface area contributed by atoms with Crippen molar-refractivity contribution in [3.8, 4) is 0 Å². The molecule has 0 spiro atoms. The quantitative estimate of drug-likeness (QED) is 0.906. The van der Waals surface area contributed by atoms with Crippen molar-refractivity contribution in [2.75, 3.05) is 0 Å². The predicted molar refractivity (Wildman–Crippen MR) is 76.0 cm³/mol. The summed E-state index contributed by atoms with van der Waals surface area (Å²) in [6, 6.07) is 16.6. The molecule has 0 fully saturated rings. The number of hydrogen-bond donors (Lipinski definition) is 1. The molecule has 0 radical (unpaired) electrons. The zero-order chi connectivity index (χ0) is 12.3. The normalized spacial score (nSPS) is 12.4. The van der Waals surface area contributed by atoms with E-state index in [-0.39, 0.29) is 6.04 Å². The first-order valence-corrected chi connectivity index (χ1v) is 6.60. The Morgan fingerprint density at radius 1 is 1.06 bits per heavy atom. The van der Waals surface area contributed by atoms with Gasteiger partial charge in [0.15, 0.2) is 0 Å². The van der Waals surface area contributed by atoms with Crippen molar-refractivity contribution in [3.63, 3.8) is 0 Å². The average molecular weight is 290 g/mol. The largest absolute Gasteiger partial charge is 0.320 e. The van der Waals surface area contributed by atoms with Gasteiger partial charge in [-0.1, -0.05) is 59.3 Å². The molecule has 0 amide bonds. The number of benzene rings is 2. The smallest absolute Gasteiger partial charge is 0.0552 e. The molecule has 0 heterocycles. The van der Waals surface area contributed by atoms with E-state index >= 15 is 0 Å². The third-order valence-electron chi connectivity index (χ3n) is 2.95. The molecule has 0 bridgehead atoms. The van der Waals surface area contributed by atoms with Crippen LogP contribution in [-0.4, -0.2) is 0 Å². The van der Waals surface area contributed by atoms with Crippen LogP contribution in [0.15, 0.2) is 53.0 Å². The summed E-state index contributed by atoms with van der Waals surface area (Å²) in [6.45, 7) is 2.16. The second-order valence-electron chi connectivity index (χ2n) is 4.13. The Hall–Kier alpha value is -1.12. The summed E-state index contributed by atoms with van der Waals surface area (Å²) in [6.07, 6.45) is 1.06. The molecular formula is C15H16BrN. The van der Waals surface area contributed by atoms with Gasteiger partial charge in [0.25, 0.3) is 0 Å². The second kappa shape index (κ2) is 5.48. The standard InChI is InChI=1S/C15H16BrN/c1-2-11-6-8-12(9-7-11)15(17)13-4-3-5-14(16)10-13/h3-10,15H,2,17H2,1H3. The van der Waals surface area contributed by atoms with Crippen molar-refractivity contribution >= 4 is 15.9 Å². The van der Waals surface area contributed by atoms with Gasteiger partial charge in [0.2, 0.25) is 0 Å². The fourth-order valence-corrected chi connectivity index (χ4v) is 2.27. The molecule has 1 nitrogen and oxygen atoms in total. The van der Waals surface area contributed by atoms with Gasteiger partial charge in [-0.2, -0.15) is 0 Å². The Balaban J connectivity index is 2.27. The summed E-state index contributed by atoms with van der Waals surface area (Å²) in [5.74, 6) is 0. The lowest BCUT2D eigenvalue weighted by Gasteiger charge is -2.13. The molecule has 17 heavy (non-hydrogen) atoms. The summed E-state index contributed by atoms with van der Waals surface area (Å²) in [5.41, 5.74) is 9.88. The summed E-state index contributed by atoms with van der Waals surface area (Å²) < 4.78 is 1.07. The molecular weight excluding hydrogens is 274 g/mol. The van der Waals surface area contributed by atoms with Crippen LogP contribution in [0.4, 0.5) is 0 Å². The molecule has 2 heteroatoms. The molecule has 2 N–H and O–H groups in total. The maximum Gasteiger partial charge on any atom is 0.0552 e. The van der Waals surface area contributed by atoms with Gasteiger partial charge in [0, 0.05) is 4.47 Å². The Morgan fingerprint density at radius 3 is 2.35 bits per heavy atom. The molecule has 2 rings (SSSR count). The van der Waals surface area contributed by atoms with Gasteiger partial charge in [-0.25, -0.2) is 0 Å². The number of rotatable bonds is 3. The van der Waals surface area contributed by atoms with E-state index in [2.05, 4.69) is 59.3 Å². The average Bonchev–Trinajstić information content (AvgIpc) is 2.38. The predicted octanol–water partition coefficient (Wildman–Crippen LogP) is 4.06. The van der Waals surface area contributed by atoms with Crippen molar-refractivity contribution < 1.29 is 0 Å². The molecule has 88 valence electrons. The third-order valence-corrected chi connectivity index (χ3v) is 3.45. The monoisotopic (exact) mass is 289 g/mol. The van der Waals surface area contributed by atoms with Crippen molar-refractivity contribution in [2.24, 2.45) is 5.73 Å². The van der Waals surface area contributed by atoms with E-state index in [1.165, 1.54) is 5.56 Å². The van der Waals surface area contributed by atoms with Gasteiger partial charge < -0.3 is 5.73 Å². The summed E-state index contributed by atoms with van der Waals surface area (Å²) >= 11 is 3.47. The first-order chi connectivity index (χ1) is 8.20. The number of hydrogen-bond acceptors (Lipinski definition) is 1. The van der Waals surface area contributed by atoms with E-state index < -0.39 is 0 Å². The molecule has 2 aromatic rings.